The van der Waals surface area contributed by atoms with Gasteiger partial charge in [-0.2, -0.15) is 13.2 Å². The van der Waals surface area contributed by atoms with Crippen molar-refractivity contribution in [2.45, 2.75) is 19.1 Å². The average molecular weight is 448 g/mol. The second-order valence-electron chi connectivity index (χ2n) is 7.70. The Morgan fingerprint density at radius 2 is 2.03 bits per heavy atom. The van der Waals surface area contributed by atoms with Crippen LogP contribution in [0.15, 0.2) is 54.7 Å². The van der Waals surface area contributed by atoms with Gasteiger partial charge in [0.1, 0.15) is 17.3 Å². The van der Waals surface area contributed by atoms with Crippen molar-refractivity contribution in [3.8, 4) is 0 Å². The van der Waals surface area contributed by atoms with E-state index in [1.165, 1.54) is 24.4 Å². The van der Waals surface area contributed by atoms with Crippen molar-refractivity contribution in [3.63, 3.8) is 0 Å². The van der Waals surface area contributed by atoms with Gasteiger partial charge in [0, 0.05) is 36.2 Å². The van der Waals surface area contributed by atoms with Gasteiger partial charge in [-0.25, -0.2) is 9.97 Å². The van der Waals surface area contributed by atoms with E-state index in [-0.39, 0.29) is 21.7 Å². The molecule has 6 nitrogen and oxygen atoms in total. The van der Waals surface area contributed by atoms with Crippen LogP contribution in [-0.4, -0.2) is 35.4 Å². The molecule has 172 valence electrons. The van der Waals surface area contributed by atoms with Crippen LogP contribution in [-0.2, 0) is 6.18 Å². The van der Waals surface area contributed by atoms with E-state index in [9.17, 15) is 18.0 Å². The molecule has 1 aliphatic heterocycles. The lowest BCUT2D eigenvalue weighted by Crippen LogP contribution is -2.46. The lowest BCUT2D eigenvalue weighted by atomic mass is 10.0. The smallest absolute Gasteiger partial charge is 0.383 e. The maximum atomic E-state index is 13.7. The highest BCUT2D eigenvalue weighted by atomic mass is 19.4. The first-order valence-corrected chi connectivity index (χ1v) is 10.1. The number of carbonyl (C=O) groups is 1. The molecule has 0 saturated carbocycles. The van der Waals surface area contributed by atoms with Crippen LogP contribution in [0.4, 0.5) is 24.8 Å². The normalized spacial score (nSPS) is 16.8. The molecule has 2 aromatic heterocycles. The Bertz CT molecular complexity index is 1160. The van der Waals surface area contributed by atoms with Crippen LogP contribution in [0.25, 0.3) is 0 Å². The van der Waals surface area contributed by atoms with Crippen molar-refractivity contribution in [1.29, 1.82) is 0 Å². The number of halogens is 3. The van der Waals surface area contributed by atoms with Gasteiger partial charge in [0.05, 0.1) is 11.1 Å². The molecule has 1 fully saturated rings. The summed E-state index contributed by atoms with van der Waals surface area (Å²) in [7, 11) is 0. The van der Waals surface area contributed by atoms with Crippen LogP contribution in [0, 0.1) is 6.92 Å². The molecule has 1 atom stereocenters. The predicted molar refractivity (Wildman–Crippen MR) is 122 cm³/mol. The lowest BCUT2D eigenvalue weighted by Gasteiger charge is -2.35. The zero-order chi connectivity index (χ0) is 22.9. The highest BCUT2D eigenvalue weighted by Crippen LogP contribution is 2.34. The molecule has 1 aromatic carbocycles. The minimum atomic E-state index is -4.74. The number of aryl methyl sites for hydroxylation is 1. The maximum absolute atomic E-state index is 13.7. The quantitative estimate of drug-likeness (QED) is 0.573. The third-order valence-electron chi connectivity index (χ3n) is 5.43. The number of benzene rings is 1. The number of carbonyl (C=O) groups excluding carboxylic acids is 1. The highest BCUT2D eigenvalue weighted by molar-refractivity contribution is 6.11. The molecule has 3 aromatic rings. The van der Waals surface area contributed by atoms with E-state index in [0.717, 1.165) is 17.2 Å². The molecule has 32 heavy (non-hydrogen) atoms. The van der Waals surface area contributed by atoms with E-state index in [1.807, 2.05) is 30.0 Å². The molecular weight excluding hydrogens is 419 g/mol. The van der Waals surface area contributed by atoms with Gasteiger partial charge in [0.2, 0.25) is 5.78 Å². The number of aromatic nitrogens is 2. The first-order valence-electron chi connectivity index (χ1n) is 10.1. The standard InChI is InChI=1S/C23H22F3N5O.3H2/c1-14-4-2-5-15(12-14)18-13-31(11-10-28-18)19-8-7-17(23(24,25)26)20(30-19)21(32)16-6-3-9-29-22(16)27;;;/h2-9,12,18,28H,10-11,13H2,1H3,(H2,27,29);3*1H. The second kappa shape index (κ2) is 8.58. The van der Waals surface area contributed by atoms with E-state index in [2.05, 4.69) is 21.4 Å². The Kier molecular flexibility index (Phi) is 5.84. The van der Waals surface area contributed by atoms with Crippen LogP contribution in [0.5, 0.6) is 0 Å². The van der Waals surface area contributed by atoms with Gasteiger partial charge >= 0.3 is 6.18 Å². The second-order valence-corrected chi connectivity index (χ2v) is 7.70. The Morgan fingerprint density at radius 3 is 2.75 bits per heavy atom. The molecule has 9 heteroatoms. The van der Waals surface area contributed by atoms with Crippen molar-refractivity contribution >= 4 is 17.4 Å². The molecular formula is C23H28F3N5O. The van der Waals surface area contributed by atoms with Crippen LogP contribution in [0.3, 0.4) is 0 Å². The summed E-state index contributed by atoms with van der Waals surface area (Å²) in [5.74, 6) is -0.738. The first-order chi connectivity index (χ1) is 15.2. The number of piperazine rings is 1. The van der Waals surface area contributed by atoms with Crippen LogP contribution < -0.4 is 16.0 Å². The fourth-order valence-corrected chi connectivity index (χ4v) is 3.83. The molecule has 0 aliphatic carbocycles. The Balaban J connectivity index is 0.00000204. The minimum absolute atomic E-state index is 0. The number of anilines is 2. The van der Waals surface area contributed by atoms with Gasteiger partial charge in [0.25, 0.3) is 0 Å². The van der Waals surface area contributed by atoms with Crippen molar-refractivity contribution in [3.05, 3.63) is 82.7 Å². The fraction of sp³-hybridized carbons (Fsp3) is 0.261. The molecule has 1 saturated heterocycles. The van der Waals surface area contributed by atoms with Gasteiger partial charge in [-0.05, 0) is 36.8 Å². The van der Waals surface area contributed by atoms with Gasteiger partial charge in [-0.15, -0.1) is 0 Å². The largest absolute Gasteiger partial charge is 0.418 e. The summed E-state index contributed by atoms with van der Waals surface area (Å²) in [5, 5.41) is 3.43. The van der Waals surface area contributed by atoms with Crippen LogP contribution in [0.2, 0.25) is 0 Å². The zero-order valence-corrected chi connectivity index (χ0v) is 17.4. The van der Waals surface area contributed by atoms with E-state index >= 15 is 0 Å². The lowest BCUT2D eigenvalue weighted by molar-refractivity contribution is -0.138. The number of nitrogens with one attached hydrogen (secondary N) is 1. The zero-order valence-electron chi connectivity index (χ0n) is 17.4. The number of nitrogens with two attached hydrogens (primary N) is 1. The van der Waals surface area contributed by atoms with E-state index < -0.39 is 23.2 Å². The summed E-state index contributed by atoms with van der Waals surface area (Å²) >= 11 is 0. The number of nitrogen functional groups attached to an aromatic ring is 1. The van der Waals surface area contributed by atoms with Crippen molar-refractivity contribution in [2.75, 3.05) is 30.3 Å². The minimum Gasteiger partial charge on any atom is -0.383 e. The third kappa shape index (κ3) is 4.43. The maximum Gasteiger partial charge on any atom is 0.418 e. The summed E-state index contributed by atoms with van der Waals surface area (Å²) in [5.41, 5.74) is 6.05. The number of hydrogen-bond donors (Lipinski definition) is 2. The molecule has 0 radical (unpaired) electrons. The number of hydrogen-bond acceptors (Lipinski definition) is 6. The van der Waals surface area contributed by atoms with Gasteiger partial charge in [0.15, 0.2) is 0 Å². The SMILES string of the molecule is Cc1cccc(C2CN(c3ccc(C(F)(F)F)c(C(=O)c4cccnc4N)n3)CCN2)c1.[HH].[HH].[HH]. The molecule has 0 bridgehead atoms. The van der Waals surface area contributed by atoms with Gasteiger partial charge < -0.3 is 16.0 Å². The van der Waals surface area contributed by atoms with Crippen molar-refractivity contribution < 1.29 is 22.2 Å². The topological polar surface area (TPSA) is 84.1 Å². The molecule has 4 rings (SSSR count). The monoisotopic (exact) mass is 447 g/mol. The number of alkyl halides is 3. The third-order valence-corrected chi connectivity index (χ3v) is 5.43. The van der Waals surface area contributed by atoms with E-state index in [0.29, 0.717) is 25.5 Å². The predicted octanol–water partition coefficient (Wildman–Crippen LogP) is 4.51. The average Bonchev–Trinajstić information content (AvgIpc) is 2.78. The fourth-order valence-electron chi connectivity index (χ4n) is 3.83. The van der Waals surface area contributed by atoms with E-state index in [1.54, 1.807) is 0 Å². The molecule has 3 heterocycles. The Hall–Kier alpha value is -3.46. The summed E-state index contributed by atoms with van der Waals surface area (Å²) in [6.45, 7) is 3.68. The molecule has 1 aliphatic rings. The highest BCUT2D eigenvalue weighted by Gasteiger charge is 2.37. The number of ketones is 1. The summed E-state index contributed by atoms with van der Waals surface area (Å²) in [4.78, 5) is 22.8. The molecule has 3 N–H and O–H groups in total. The van der Waals surface area contributed by atoms with Gasteiger partial charge in [-0.1, -0.05) is 29.8 Å². The molecule has 0 amide bonds. The Labute approximate surface area is 187 Å². The molecule has 1 unspecified atom stereocenters. The van der Waals surface area contributed by atoms with Crippen molar-refractivity contribution in [2.24, 2.45) is 0 Å². The van der Waals surface area contributed by atoms with Crippen LogP contribution in [0.1, 0.15) is 43.1 Å². The summed E-state index contributed by atoms with van der Waals surface area (Å²) in [6, 6.07) is 13.1. The van der Waals surface area contributed by atoms with Crippen LogP contribution >= 0.6 is 0 Å². The number of pyridine rings is 2. The van der Waals surface area contributed by atoms with Crippen molar-refractivity contribution in [1.82, 2.24) is 15.3 Å². The number of rotatable bonds is 4. The number of nitrogens with zero attached hydrogens (tertiary/aromatic N) is 3. The summed E-state index contributed by atoms with van der Waals surface area (Å²) in [6.07, 6.45) is -3.37. The molecule has 0 spiro atoms. The van der Waals surface area contributed by atoms with Gasteiger partial charge in [-0.3, -0.25) is 4.79 Å². The Morgan fingerprint density at radius 1 is 1.22 bits per heavy atom. The first kappa shape index (κ1) is 21.8. The summed E-state index contributed by atoms with van der Waals surface area (Å²) < 4.78 is 41.0. The van der Waals surface area contributed by atoms with E-state index in [4.69, 9.17) is 5.73 Å².